The number of hydrogen-bond acceptors (Lipinski definition) is 0. The first-order valence-electron chi connectivity index (χ1n) is 6.26. The first-order valence-corrected chi connectivity index (χ1v) is 6.26. The molecule has 0 heteroatoms. The van der Waals surface area contributed by atoms with Crippen LogP contribution in [0, 0.1) is 24.2 Å². The predicted octanol–water partition coefficient (Wildman–Crippen LogP) is 4.97. The lowest BCUT2D eigenvalue weighted by atomic mass is 9.89. The minimum absolute atomic E-state index is 0.564. The van der Waals surface area contributed by atoms with Crippen molar-refractivity contribution in [2.24, 2.45) is 11.8 Å². The van der Waals surface area contributed by atoms with E-state index in [0.717, 1.165) is 19.3 Å². The third-order valence-corrected chi connectivity index (χ3v) is 3.55. The molecule has 0 amide bonds. The largest absolute Gasteiger partial charge is 0.120 e. The van der Waals surface area contributed by atoms with Gasteiger partial charge in [0.2, 0.25) is 0 Å². The average Bonchev–Trinajstić information content (AvgIpc) is 2.31. The highest BCUT2D eigenvalue weighted by Crippen LogP contribution is 2.24. The molecule has 0 aromatic rings. The summed E-state index contributed by atoms with van der Waals surface area (Å²) < 4.78 is 0. The van der Waals surface area contributed by atoms with E-state index in [9.17, 15) is 0 Å². The second kappa shape index (κ2) is 8.22. The van der Waals surface area contributed by atoms with E-state index >= 15 is 0 Å². The number of allylic oxidation sites excluding steroid dienone is 3. The van der Waals surface area contributed by atoms with Crippen molar-refractivity contribution >= 4 is 0 Å². The molecule has 0 N–H and O–H groups in total. The molecule has 0 bridgehead atoms. The maximum absolute atomic E-state index is 5.27. The summed E-state index contributed by atoms with van der Waals surface area (Å²) >= 11 is 0. The van der Waals surface area contributed by atoms with Gasteiger partial charge in [-0.15, -0.1) is 12.3 Å². The lowest BCUT2D eigenvalue weighted by molar-refractivity contribution is 0.548. The van der Waals surface area contributed by atoms with Crippen LogP contribution < -0.4 is 0 Å². The monoisotopic (exact) mass is 218 g/mol. The normalized spacial score (nSPS) is 15.3. The Morgan fingerprint density at radius 1 is 1.31 bits per heavy atom. The van der Waals surface area contributed by atoms with Gasteiger partial charge in [0, 0.05) is 6.42 Å². The van der Waals surface area contributed by atoms with E-state index in [2.05, 4.69) is 46.3 Å². The van der Waals surface area contributed by atoms with Gasteiger partial charge >= 0.3 is 0 Å². The van der Waals surface area contributed by atoms with Crippen molar-refractivity contribution in [2.75, 3.05) is 0 Å². The van der Waals surface area contributed by atoms with E-state index in [-0.39, 0.29) is 0 Å². The van der Waals surface area contributed by atoms with Gasteiger partial charge < -0.3 is 0 Å². The second-order valence-corrected chi connectivity index (χ2v) is 4.77. The molecule has 0 saturated carbocycles. The van der Waals surface area contributed by atoms with Crippen molar-refractivity contribution in [3.8, 4) is 12.3 Å². The zero-order valence-corrected chi connectivity index (χ0v) is 11.3. The molecule has 0 rings (SSSR count). The van der Waals surface area contributed by atoms with Gasteiger partial charge in [-0.05, 0) is 44.9 Å². The Kier molecular flexibility index (Phi) is 7.73. The first-order chi connectivity index (χ1) is 7.52. The zero-order chi connectivity index (χ0) is 12.6. The van der Waals surface area contributed by atoms with Gasteiger partial charge in [0.25, 0.3) is 0 Å². The fourth-order valence-corrected chi connectivity index (χ4v) is 1.66. The molecule has 0 spiro atoms. The van der Waals surface area contributed by atoms with Gasteiger partial charge in [-0.3, -0.25) is 0 Å². The Bertz CT molecular complexity index is 275. The summed E-state index contributed by atoms with van der Waals surface area (Å²) in [6, 6.07) is 0. The molecule has 0 aromatic carbocycles. The third kappa shape index (κ3) is 5.81. The van der Waals surface area contributed by atoms with E-state index in [1.165, 1.54) is 17.6 Å². The SMILES string of the molecule is C#CCCC(C)C(=C)CCC(C)C(C)=CC. The third-order valence-electron chi connectivity index (χ3n) is 3.55. The van der Waals surface area contributed by atoms with Gasteiger partial charge in [-0.1, -0.05) is 37.6 Å². The van der Waals surface area contributed by atoms with Crippen LogP contribution in [0.4, 0.5) is 0 Å². The van der Waals surface area contributed by atoms with Gasteiger partial charge in [0.1, 0.15) is 0 Å². The minimum Gasteiger partial charge on any atom is -0.120 e. The minimum atomic E-state index is 0.564. The fraction of sp³-hybridized carbons (Fsp3) is 0.625. The molecule has 2 unspecified atom stereocenters. The molecule has 16 heavy (non-hydrogen) atoms. The van der Waals surface area contributed by atoms with Crippen molar-refractivity contribution in [2.45, 2.75) is 53.4 Å². The lowest BCUT2D eigenvalue weighted by Gasteiger charge is -2.17. The molecule has 0 aromatic heterocycles. The summed E-state index contributed by atoms with van der Waals surface area (Å²) in [5.74, 6) is 3.93. The van der Waals surface area contributed by atoms with Crippen molar-refractivity contribution in [1.82, 2.24) is 0 Å². The van der Waals surface area contributed by atoms with E-state index < -0.39 is 0 Å². The highest BCUT2D eigenvalue weighted by Gasteiger charge is 2.09. The number of terminal acetylenes is 1. The molecule has 0 aliphatic carbocycles. The summed E-state index contributed by atoms with van der Waals surface area (Å²) in [5, 5.41) is 0. The van der Waals surface area contributed by atoms with Crippen LogP contribution in [0.2, 0.25) is 0 Å². The highest BCUT2D eigenvalue weighted by molar-refractivity contribution is 5.05. The van der Waals surface area contributed by atoms with E-state index in [1.54, 1.807) is 0 Å². The van der Waals surface area contributed by atoms with Crippen LogP contribution in [0.15, 0.2) is 23.8 Å². The standard InChI is InChI=1S/C16H26/c1-7-9-10-14(4)16(6)12-11-15(5)13(3)8-2/h1,8,14-15H,6,9-12H2,2-5H3. The smallest absolute Gasteiger partial charge is 0.00916 e. The Balaban J connectivity index is 3.94. The van der Waals surface area contributed by atoms with E-state index in [0.29, 0.717) is 11.8 Å². The number of rotatable bonds is 7. The molecular formula is C16H26. The first kappa shape index (κ1) is 15.0. The molecule has 2 atom stereocenters. The van der Waals surface area contributed by atoms with Crippen LogP contribution in [0.3, 0.4) is 0 Å². The topological polar surface area (TPSA) is 0 Å². The average molecular weight is 218 g/mol. The summed E-state index contributed by atoms with van der Waals surface area (Å²) in [6.45, 7) is 13.0. The summed E-state index contributed by atoms with van der Waals surface area (Å²) in [4.78, 5) is 0. The van der Waals surface area contributed by atoms with Crippen LogP contribution in [0.5, 0.6) is 0 Å². The maximum atomic E-state index is 5.27. The quantitative estimate of drug-likeness (QED) is 0.418. The van der Waals surface area contributed by atoms with Crippen molar-refractivity contribution < 1.29 is 0 Å². The van der Waals surface area contributed by atoms with Gasteiger partial charge in [-0.25, -0.2) is 0 Å². The van der Waals surface area contributed by atoms with Gasteiger partial charge in [0.15, 0.2) is 0 Å². The van der Waals surface area contributed by atoms with Gasteiger partial charge in [-0.2, -0.15) is 0 Å². The van der Waals surface area contributed by atoms with Crippen LogP contribution in [0.25, 0.3) is 0 Å². The fourth-order valence-electron chi connectivity index (χ4n) is 1.66. The number of hydrogen-bond donors (Lipinski definition) is 0. The molecule has 90 valence electrons. The van der Waals surface area contributed by atoms with Gasteiger partial charge in [0.05, 0.1) is 0 Å². The molecule has 0 radical (unpaired) electrons. The summed E-state index contributed by atoms with van der Waals surface area (Å²) in [7, 11) is 0. The zero-order valence-electron chi connectivity index (χ0n) is 11.3. The van der Waals surface area contributed by atoms with Crippen LogP contribution in [0.1, 0.15) is 53.4 Å². The van der Waals surface area contributed by atoms with E-state index in [4.69, 9.17) is 6.42 Å². The predicted molar refractivity (Wildman–Crippen MR) is 74.2 cm³/mol. The van der Waals surface area contributed by atoms with Crippen molar-refractivity contribution in [3.05, 3.63) is 23.8 Å². The second-order valence-electron chi connectivity index (χ2n) is 4.77. The molecular weight excluding hydrogens is 192 g/mol. The Morgan fingerprint density at radius 2 is 1.94 bits per heavy atom. The Hall–Kier alpha value is -0.960. The Morgan fingerprint density at radius 3 is 2.44 bits per heavy atom. The molecule has 0 saturated heterocycles. The van der Waals surface area contributed by atoms with Crippen LogP contribution in [-0.2, 0) is 0 Å². The highest BCUT2D eigenvalue weighted by atomic mass is 14.1. The molecule has 0 nitrogen and oxygen atoms in total. The molecule has 0 fully saturated rings. The molecule has 0 aliphatic rings. The summed E-state index contributed by atoms with van der Waals surface area (Å²) in [5.41, 5.74) is 2.83. The van der Waals surface area contributed by atoms with Crippen LogP contribution >= 0.6 is 0 Å². The van der Waals surface area contributed by atoms with Crippen molar-refractivity contribution in [1.29, 1.82) is 0 Å². The Labute approximate surface area is 102 Å². The van der Waals surface area contributed by atoms with E-state index in [1.807, 2.05) is 0 Å². The lowest BCUT2D eigenvalue weighted by Crippen LogP contribution is -2.02. The maximum Gasteiger partial charge on any atom is 0.00916 e. The summed E-state index contributed by atoms with van der Waals surface area (Å²) in [6.07, 6.45) is 11.7. The van der Waals surface area contributed by atoms with Crippen molar-refractivity contribution in [3.63, 3.8) is 0 Å². The molecule has 0 aliphatic heterocycles. The van der Waals surface area contributed by atoms with Crippen LogP contribution in [-0.4, -0.2) is 0 Å². The molecule has 0 heterocycles.